The van der Waals surface area contributed by atoms with Crippen LogP contribution in [0.25, 0.3) is 0 Å². The molecule has 5 heterocycles. The zero-order valence-electron chi connectivity index (χ0n) is 18.0. The van der Waals surface area contributed by atoms with Crippen molar-refractivity contribution in [1.29, 1.82) is 0 Å². The average molecular weight is 393 g/mol. The molecule has 154 valence electrons. The first-order valence-corrected chi connectivity index (χ1v) is 11.1. The molecule has 0 radical (unpaired) electrons. The average Bonchev–Trinajstić information content (AvgIpc) is 3.17. The second kappa shape index (κ2) is 7.28. The van der Waals surface area contributed by atoms with Gasteiger partial charge in [0, 0.05) is 42.2 Å². The van der Waals surface area contributed by atoms with Crippen molar-refractivity contribution in [2.24, 2.45) is 5.92 Å². The van der Waals surface area contributed by atoms with Crippen LogP contribution in [0.1, 0.15) is 55.6 Å². The van der Waals surface area contributed by atoms with Gasteiger partial charge in [-0.25, -0.2) is 9.97 Å². The van der Waals surface area contributed by atoms with Crippen molar-refractivity contribution in [3.63, 3.8) is 0 Å². The van der Waals surface area contributed by atoms with E-state index in [1.54, 1.807) is 7.11 Å². The lowest BCUT2D eigenvalue weighted by atomic mass is 9.75. The lowest BCUT2D eigenvalue weighted by molar-refractivity contribution is 0.0354. The van der Waals surface area contributed by atoms with Gasteiger partial charge in [0.25, 0.3) is 0 Å². The Morgan fingerprint density at radius 1 is 1.03 bits per heavy atom. The van der Waals surface area contributed by atoms with Gasteiger partial charge >= 0.3 is 0 Å². The van der Waals surface area contributed by atoms with Crippen molar-refractivity contribution >= 4 is 5.82 Å². The monoisotopic (exact) mass is 392 g/mol. The number of nitrogens with zero attached hydrogens (tertiary/aromatic N) is 4. The highest BCUT2D eigenvalue weighted by Gasteiger charge is 2.53. The van der Waals surface area contributed by atoms with Crippen LogP contribution in [0.5, 0.6) is 5.75 Å². The number of fused-ring (bicyclic) bond motifs is 2. The van der Waals surface area contributed by atoms with E-state index in [1.165, 1.54) is 31.5 Å². The van der Waals surface area contributed by atoms with E-state index in [0.29, 0.717) is 23.9 Å². The van der Waals surface area contributed by atoms with E-state index in [-0.39, 0.29) is 0 Å². The van der Waals surface area contributed by atoms with Gasteiger partial charge in [-0.3, -0.25) is 4.90 Å². The van der Waals surface area contributed by atoms with Crippen molar-refractivity contribution in [2.75, 3.05) is 31.6 Å². The SMILES string of the molecule is COc1ccc([C@H]2CN(c3cc(C)nc(C(C)C)n3)[C@H]3C4CCN(CC4)[C@@H]23)cc1. The molecule has 0 saturated carbocycles. The first kappa shape index (κ1) is 18.9. The number of hydrogen-bond acceptors (Lipinski definition) is 5. The highest BCUT2D eigenvalue weighted by Crippen LogP contribution is 2.47. The van der Waals surface area contributed by atoms with Crippen molar-refractivity contribution in [3.05, 3.63) is 47.4 Å². The van der Waals surface area contributed by atoms with Gasteiger partial charge in [0.05, 0.1) is 7.11 Å². The molecular weight excluding hydrogens is 360 g/mol. The molecule has 6 rings (SSSR count). The lowest BCUT2D eigenvalue weighted by Gasteiger charge is -2.51. The van der Waals surface area contributed by atoms with Gasteiger partial charge in [0.15, 0.2) is 0 Å². The molecule has 4 aliphatic rings. The first-order chi connectivity index (χ1) is 14.0. The summed E-state index contributed by atoms with van der Waals surface area (Å²) in [4.78, 5) is 15.1. The van der Waals surface area contributed by atoms with Crippen molar-refractivity contribution < 1.29 is 4.74 Å². The quantitative estimate of drug-likeness (QED) is 0.787. The van der Waals surface area contributed by atoms with Crippen molar-refractivity contribution in [2.45, 2.75) is 57.5 Å². The minimum atomic E-state index is 0.344. The smallest absolute Gasteiger partial charge is 0.133 e. The standard InChI is InChI=1S/C24H32N4O/c1-15(2)24-25-16(3)13-21(26-24)28-14-20(17-5-7-19(29-4)8-6-17)23-22(28)18-9-11-27(23)12-10-18/h5-8,13,15,18,20,22-23H,9-12,14H2,1-4H3/t20-,22+,23+/m1/s1. The maximum Gasteiger partial charge on any atom is 0.133 e. The predicted octanol–water partition coefficient (Wildman–Crippen LogP) is 3.98. The molecule has 1 aromatic heterocycles. The van der Waals surface area contributed by atoms with Crippen LogP contribution in [0.15, 0.2) is 30.3 Å². The van der Waals surface area contributed by atoms with Crippen LogP contribution in [0, 0.1) is 12.8 Å². The fourth-order valence-corrected chi connectivity index (χ4v) is 5.81. The molecule has 3 atom stereocenters. The topological polar surface area (TPSA) is 41.5 Å². The molecule has 4 aliphatic heterocycles. The summed E-state index contributed by atoms with van der Waals surface area (Å²) in [5.41, 5.74) is 2.50. The molecule has 4 fully saturated rings. The number of piperidine rings is 3. The molecule has 0 N–H and O–H groups in total. The molecule has 0 amide bonds. The molecule has 0 aliphatic carbocycles. The molecule has 1 aromatic carbocycles. The molecule has 5 nitrogen and oxygen atoms in total. The second-order valence-electron chi connectivity index (χ2n) is 9.27. The Morgan fingerprint density at radius 2 is 1.76 bits per heavy atom. The van der Waals surface area contributed by atoms with Gasteiger partial charge in [0.1, 0.15) is 17.4 Å². The molecule has 2 aromatic rings. The summed E-state index contributed by atoms with van der Waals surface area (Å²) in [6, 6.07) is 12.1. The zero-order valence-corrected chi connectivity index (χ0v) is 18.0. The van der Waals surface area contributed by atoms with Crippen LogP contribution in [0.2, 0.25) is 0 Å². The summed E-state index contributed by atoms with van der Waals surface area (Å²) in [7, 11) is 1.73. The van der Waals surface area contributed by atoms with E-state index in [9.17, 15) is 0 Å². The highest BCUT2D eigenvalue weighted by atomic mass is 16.5. The molecule has 2 bridgehead atoms. The van der Waals surface area contributed by atoms with Crippen LogP contribution in [-0.4, -0.2) is 53.7 Å². The van der Waals surface area contributed by atoms with Crippen LogP contribution in [-0.2, 0) is 0 Å². The minimum Gasteiger partial charge on any atom is -0.497 e. The highest BCUT2D eigenvalue weighted by molar-refractivity contribution is 5.48. The van der Waals surface area contributed by atoms with E-state index < -0.39 is 0 Å². The largest absolute Gasteiger partial charge is 0.497 e. The third-order valence-corrected chi connectivity index (χ3v) is 7.21. The van der Waals surface area contributed by atoms with E-state index >= 15 is 0 Å². The Kier molecular flexibility index (Phi) is 4.73. The van der Waals surface area contributed by atoms with Crippen LogP contribution >= 0.6 is 0 Å². The van der Waals surface area contributed by atoms with E-state index in [4.69, 9.17) is 14.7 Å². The fraction of sp³-hybridized carbons (Fsp3) is 0.583. The first-order valence-electron chi connectivity index (χ1n) is 11.1. The zero-order chi connectivity index (χ0) is 20.1. The van der Waals surface area contributed by atoms with Crippen LogP contribution in [0.4, 0.5) is 5.82 Å². The molecular formula is C24H32N4O. The van der Waals surface area contributed by atoms with Crippen LogP contribution < -0.4 is 9.64 Å². The number of aromatic nitrogens is 2. The Bertz CT molecular complexity index is 873. The number of rotatable bonds is 4. The Hall–Kier alpha value is -2.14. The second-order valence-corrected chi connectivity index (χ2v) is 9.27. The maximum absolute atomic E-state index is 5.39. The Balaban J connectivity index is 1.54. The number of hydrogen-bond donors (Lipinski definition) is 0. The van der Waals surface area contributed by atoms with Gasteiger partial charge in [-0.2, -0.15) is 0 Å². The predicted molar refractivity (Wildman–Crippen MR) is 116 cm³/mol. The van der Waals surface area contributed by atoms with E-state index in [2.05, 4.69) is 60.9 Å². The molecule has 5 heteroatoms. The maximum atomic E-state index is 5.39. The summed E-state index contributed by atoms with van der Waals surface area (Å²) in [5.74, 6) is 4.64. The Morgan fingerprint density at radius 3 is 2.41 bits per heavy atom. The molecule has 29 heavy (non-hydrogen) atoms. The summed E-state index contributed by atoms with van der Waals surface area (Å²) in [6.07, 6.45) is 2.63. The Labute approximate surface area is 174 Å². The molecule has 0 unspecified atom stereocenters. The van der Waals surface area contributed by atoms with Crippen molar-refractivity contribution in [3.8, 4) is 5.75 Å². The number of methoxy groups -OCH3 is 1. The number of aryl methyl sites for hydroxylation is 1. The van der Waals surface area contributed by atoms with Gasteiger partial charge < -0.3 is 9.64 Å². The van der Waals surface area contributed by atoms with E-state index in [0.717, 1.165) is 35.5 Å². The van der Waals surface area contributed by atoms with Crippen LogP contribution in [0.3, 0.4) is 0 Å². The summed E-state index contributed by atoms with van der Waals surface area (Å²) < 4.78 is 5.39. The fourth-order valence-electron chi connectivity index (χ4n) is 5.81. The van der Waals surface area contributed by atoms with E-state index in [1.807, 2.05) is 0 Å². The van der Waals surface area contributed by atoms with Gasteiger partial charge in [-0.05, 0) is 56.5 Å². The normalized spacial score (nSPS) is 30.7. The van der Waals surface area contributed by atoms with Gasteiger partial charge in [-0.15, -0.1) is 0 Å². The number of anilines is 1. The van der Waals surface area contributed by atoms with Gasteiger partial charge in [-0.1, -0.05) is 26.0 Å². The third-order valence-electron chi connectivity index (χ3n) is 7.21. The molecule has 0 spiro atoms. The minimum absolute atomic E-state index is 0.344. The third kappa shape index (κ3) is 3.20. The summed E-state index contributed by atoms with van der Waals surface area (Å²) in [5, 5.41) is 0. The van der Waals surface area contributed by atoms with Gasteiger partial charge in [0.2, 0.25) is 0 Å². The summed E-state index contributed by atoms with van der Waals surface area (Å²) in [6.45, 7) is 9.98. The summed E-state index contributed by atoms with van der Waals surface area (Å²) >= 11 is 0. The lowest BCUT2D eigenvalue weighted by Crippen LogP contribution is -2.60. The molecule has 4 saturated heterocycles. The van der Waals surface area contributed by atoms with Crippen molar-refractivity contribution in [1.82, 2.24) is 14.9 Å². The number of benzene rings is 1. The number of ether oxygens (including phenoxy) is 1.